The van der Waals surface area contributed by atoms with Crippen molar-refractivity contribution in [2.75, 3.05) is 0 Å². The Labute approximate surface area is 343 Å². The molecule has 6 heteroatoms. The number of hydrogen-bond acceptors (Lipinski definition) is 6. The maximum atomic E-state index is 10.3. The third-order valence-corrected chi connectivity index (χ3v) is 14.0. The van der Waals surface area contributed by atoms with Crippen LogP contribution in [0.5, 0.6) is 5.75 Å². The fraction of sp³-hybridized carbons (Fsp3) is 0.0588. The van der Waals surface area contributed by atoms with Crippen molar-refractivity contribution in [2.45, 2.75) is 20.8 Å². The van der Waals surface area contributed by atoms with Crippen LogP contribution in [0.4, 0.5) is 0 Å². The van der Waals surface area contributed by atoms with E-state index < -0.39 is 0 Å². The van der Waals surface area contributed by atoms with Crippen molar-refractivity contribution in [3.63, 3.8) is 0 Å². The van der Waals surface area contributed by atoms with Gasteiger partial charge < -0.3 is 5.11 Å². The number of aromatic nitrogens is 2. The van der Waals surface area contributed by atoms with E-state index in [0.29, 0.717) is 0 Å². The Hall–Kier alpha value is -6.18. The van der Waals surface area contributed by atoms with Crippen molar-refractivity contribution in [1.82, 2.24) is 9.97 Å². The SMILES string of the molecule is Cc1ccc(-c2c3nc(c(-c4ccc(C)cc4)c4ccc(s4)c4ccc(s4)c(-c4ccc(O)cc4)c4nc(c(-c5ccc(C)cc5)c5ccc2s5)C=C4)C=C3)cc1. The second kappa shape index (κ2) is 14.4. The number of hydrogen-bond donors (Lipinski definition) is 1. The van der Waals surface area contributed by atoms with Gasteiger partial charge in [0.15, 0.2) is 0 Å². The lowest BCUT2D eigenvalue weighted by Gasteiger charge is -2.06. The van der Waals surface area contributed by atoms with E-state index in [0.717, 1.165) is 81.4 Å². The minimum absolute atomic E-state index is 0.238. The van der Waals surface area contributed by atoms with Crippen molar-refractivity contribution in [3.8, 4) is 50.3 Å². The molecule has 4 aromatic carbocycles. The fourth-order valence-electron chi connectivity index (χ4n) is 7.55. The third-order valence-electron chi connectivity index (χ3n) is 10.5. The number of nitrogens with zero attached hydrogens (tertiary/aromatic N) is 2. The first kappa shape index (κ1) is 35.2. The normalized spacial score (nSPS) is 12.1. The zero-order valence-corrected chi connectivity index (χ0v) is 34.0. The van der Waals surface area contributed by atoms with E-state index in [1.807, 2.05) is 12.1 Å². The molecule has 2 aliphatic rings. The summed E-state index contributed by atoms with van der Waals surface area (Å²) in [5, 5.41) is 10.3. The highest BCUT2D eigenvalue weighted by atomic mass is 32.1. The molecule has 0 saturated carbocycles. The molecule has 0 fully saturated rings. The summed E-state index contributed by atoms with van der Waals surface area (Å²) in [6.07, 6.45) is 8.67. The Morgan fingerprint density at radius 2 is 0.561 bits per heavy atom. The second-order valence-electron chi connectivity index (χ2n) is 14.6. The lowest BCUT2D eigenvalue weighted by atomic mass is 10.0. The second-order valence-corrected chi connectivity index (χ2v) is 17.8. The number of rotatable bonds is 4. The van der Waals surface area contributed by atoms with Gasteiger partial charge in [0.25, 0.3) is 0 Å². The summed E-state index contributed by atoms with van der Waals surface area (Å²) in [5.74, 6) is 0.238. The maximum Gasteiger partial charge on any atom is 0.115 e. The van der Waals surface area contributed by atoms with Gasteiger partial charge in [0, 0.05) is 50.5 Å². The molecule has 1 N–H and O–H groups in total. The van der Waals surface area contributed by atoms with E-state index in [2.05, 4.69) is 154 Å². The highest BCUT2D eigenvalue weighted by molar-refractivity contribution is 7.31. The smallest absolute Gasteiger partial charge is 0.115 e. The third kappa shape index (κ3) is 6.66. The Morgan fingerprint density at radius 3 is 0.860 bits per heavy atom. The van der Waals surface area contributed by atoms with Gasteiger partial charge in [-0.2, -0.15) is 0 Å². The predicted octanol–water partition coefficient (Wildman–Crippen LogP) is 15.2. The van der Waals surface area contributed by atoms with Gasteiger partial charge in [-0.3, -0.25) is 0 Å². The predicted molar refractivity (Wildman–Crippen MR) is 248 cm³/mol. The topological polar surface area (TPSA) is 46.0 Å². The number of fused-ring (bicyclic) bond motifs is 11. The molecule has 274 valence electrons. The average molecular weight is 789 g/mol. The molecule has 3 nitrogen and oxygen atoms in total. The Kier molecular flexibility index (Phi) is 8.90. The van der Waals surface area contributed by atoms with E-state index in [1.165, 1.54) is 30.8 Å². The summed E-state index contributed by atoms with van der Waals surface area (Å²) < 4.78 is 6.95. The molecule has 2 aliphatic heterocycles. The molecule has 0 saturated heterocycles. The highest BCUT2D eigenvalue weighted by Crippen LogP contribution is 2.43. The van der Waals surface area contributed by atoms with Gasteiger partial charge in [0.05, 0.1) is 22.8 Å². The molecule has 4 aromatic heterocycles. The molecule has 6 heterocycles. The van der Waals surface area contributed by atoms with E-state index in [9.17, 15) is 5.11 Å². The molecule has 0 unspecified atom stereocenters. The summed E-state index contributed by atoms with van der Waals surface area (Å²) >= 11 is 5.35. The van der Waals surface area contributed by atoms with Crippen LogP contribution in [0.25, 0.3) is 97.0 Å². The summed E-state index contributed by atoms with van der Waals surface area (Å²) in [7, 11) is 0. The van der Waals surface area contributed by atoms with Crippen LogP contribution in [0.15, 0.2) is 133 Å². The van der Waals surface area contributed by atoms with Gasteiger partial charge in [-0.15, -0.1) is 34.0 Å². The summed E-state index contributed by atoms with van der Waals surface area (Å²) in [4.78, 5) is 10.9. The zero-order valence-electron chi connectivity index (χ0n) is 31.6. The Balaban J connectivity index is 1.38. The monoisotopic (exact) mass is 788 g/mol. The molecule has 10 rings (SSSR count). The first-order valence-corrected chi connectivity index (χ1v) is 21.4. The number of benzene rings is 4. The van der Waals surface area contributed by atoms with Gasteiger partial charge in [-0.05, 0) is 116 Å². The highest BCUT2D eigenvalue weighted by Gasteiger charge is 2.19. The van der Waals surface area contributed by atoms with E-state index in [1.54, 1.807) is 46.1 Å². The van der Waals surface area contributed by atoms with Crippen LogP contribution in [0, 0.1) is 20.8 Å². The lowest BCUT2D eigenvalue weighted by Crippen LogP contribution is -1.86. The number of thiophene rings is 3. The van der Waals surface area contributed by atoms with Gasteiger partial charge >= 0.3 is 0 Å². The standard InChI is InChI=1S/C51H36N2OS3/c1-30-4-10-33(11-5-30)48-38-20-21-39(52-38)49(34-12-6-31(2)7-13-34)46-28-29-47(57-46)50(35-14-8-32(3)9-15-35)40-22-23-41(53-40)51(36-16-18-37(54)19-17-36)45-27-25-43(56-45)42-24-26-44(48)55-42/h4-29,54H,1-3H3. The average Bonchev–Trinajstić information content (AvgIpc) is 4.08. The first-order valence-electron chi connectivity index (χ1n) is 18.9. The first-order chi connectivity index (χ1) is 27.8. The van der Waals surface area contributed by atoms with E-state index in [4.69, 9.17) is 9.97 Å². The van der Waals surface area contributed by atoms with Crippen molar-refractivity contribution in [1.29, 1.82) is 0 Å². The molecule has 0 atom stereocenters. The minimum Gasteiger partial charge on any atom is -0.508 e. The number of aryl methyl sites for hydroxylation is 3. The van der Waals surface area contributed by atoms with Crippen LogP contribution < -0.4 is 0 Å². The molecule has 0 aliphatic carbocycles. The molecular formula is C51H36N2OS3. The van der Waals surface area contributed by atoms with Crippen LogP contribution >= 0.6 is 34.0 Å². The summed E-state index contributed by atoms with van der Waals surface area (Å²) in [6, 6.07) is 47.3. The summed E-state index contributed by atoms with van der Waals surface area (Å²) in [6.45, 7) is 6.39. The van der Waals surface area contributed by atoms with Crippen LogP contribution in [-0.2, 0) is 0 Å². The van der Waals surface area contributed by atoms with E-state index >= 15 is 0 Å². The van der Waals surface area contributed by atoms with Gasteiger partial charge in [0.1, 0.15) is 5.75 Å². The van der Waals surface area contributed by atoms with Gasteiger partial charge in [0.2, 0.25) is 0 Å². The van der Waals surface area contributed by atoms with Gasteiger partial charge in [-0.25, -0.2) is 9.97 Å². The van der Waals surface area contributed by atoms with Gasteiger partial charge in [-0.1, -0.05) is 102 Å². The van der Waals surface area contributed by atoms with E-state index in [-0.39, 0.29) is 5.75 Å². The van der Waals surface area contributed by atoms with Crippen molar-refractivity contribution in [3.05, 3.63) is 173 Å². The molecular weight excluding hydrogens is 753 g/mol. The summed E-state index contributed by atoms with van der Waals surface area (Å²) in [5.41, 5.74) is 16.1. The quantitative estimate of drug-likeness (QED) is 0.193. The Bertz CT molecular complexity index is 2910. The molecule has 57 heavy (non-hydrogen) atoms. The zero-order chi connectivity index (χ0) is 38.6. The largest absolute Gasteiger partial charge is 0.508 e. The van der Waals surface area contributed by atoms with Crippen LogP contribution in [0.1, 0.15) is 39.5 Å². The molecule has 0 radical (unpaired) electrons. The number of aromatic hydroxyl groups is 1. The maximum absolute atomic E-state index is 10.3. The number of phenols is 1. The van der Waals surface area contributed by atoms with Crippen LogP contribution in [0.2, 0.25) is 0 Å². The Morgan fingerprint density at radius 1 is 0.316 bits per heavy atom. The molecule has 0 spiro atoms. The molecule has 8 aromatic rings. The van der Waals surface area contributed by atoms with Crippen molar-refractivity contribution < 1.29 is 5.11 Å². The number of phenolic OH excluding ortho intramolecular Hbond substituents is 1. The van der Waals surface area contributed by atoms with Crippen LogP contribution in [0.3, 0.4) is 0 Å². The lowest BCUT2D eigenvalue weighted by molar-refractivity contribution is 0.475. The minimum atomic E-state index is 0.238. The fourth-order valence-corrected chi connectivity index (χ4v) is 11.0. The van der Waals surface area contributed by atoms with Crippen LogP contribution in [-0.4, -0.2) is 15.1 Å². The molecule has 0 amide bonds. The molecule has 10 bridgehead atoms. The van der Waals surface area contributed by atoms with Crippen molar-refractivity contribution >= 4 is 86.5 Å². The van der Waals surface area contributed by atoms with Crippen molar-refractivity contribution in [2.24, 2.45) is 0 Å².